The Morgan fingerprint density at radius 1 is 1.10 bits per heavy atom. The van der Waals surface area contributed by atoms with E-state index in [0.29, 0.717) is 16.7 Å². The molecule has 2 aromatic rings. The summed E-state index contributed by atoms with van der Waals surface area (Å²) in [5, 5.41) is 4.21. The molecule has 0 heterocycles. The first kappa shape index (κ1) is 15.6. The summed E-state index contributed by atoms with van der Waals surface area (Å²) in [6.07, 6.45) is 0. The van der Waals surface area contributed by atoms with E-state index in [0.717, 1.165) is 27.9 Å². The standard InChI is InChI=1S/C15H14BrCl2NO/c1-19-8-11-7-12(3-4-13(11)16)20-9-10-2-5-14(17)15(18)6-10/h2-7,19H,8-9H2,1H3. The van der Waals surface area contributed by atoms with Gasteiger partial charge in [-0.2, -0.15) is 0 Å². The van der Waals surface area contributed by atoms with E-state index in [1.54, 1.807) is 6.07 Å². The molecule has 0 amide bonds. The Bertz CT molecular complexity index is 604. The number of benzene rings is 2. The highest BCUT2D eigenvalue weighted by Crippen LogP contribution is 2.25. The third-order valence-corrected chi connectivity index (χ3v) is 4.29. The van der Waals surface area contributed by atoms with Gasteiger partial charge in [0.2, 0.25) is 0 Å². The Morgan fingerprint density at radius 3 is 2.60 bits per heavy atom. The molecule has 0 aliphatic heterocycles. The first-order valence-electron chi connectivity index (χ1n) is 6.10. The zero-order chi connectivity index (χ0) is 14.5. The van der Waals surface area contributed by atoms with Crippen LogP contribution in [0.1, 0.15) is 11.1 Å². The summed E-state index contributed by atoms with van der Waals surface area (Å²) in [5.41, 5.74) is 2.14. The van der Waals surface area contributed by atoms with E-state index < -0.39 is 0 Å². The van der Waals surface area contributed by atoms with Gasteiger partial charge in [-0.25, -0.2) is 0 Å². The minimum atomic E-state index is 0.456. The van der Waals surface area contributed by atoms with Gasteiger partial charge in [0.15, 0.2) is 0 Å². The highest BCUT2D eigenvalue weighted by molar-refractivity contribution is 9.10. The first-order chi connectivity index (χ1) is 9.60. The summed E-state index contributed by atoms with van der Waals surface area (Å²) < 4.78 is 6.84. The maximum absolute atomic E-state index is 5.98. The Hall–Kier alpha value is -0.740. The van der Waals surface area contributed by atoms with Crippen LogP contribution in [0.5, 0.6) is 5.75 Å². The zero-order valence-electron chi connectivity index (χ0n) is 10.9. The molecule has 0 atom stereocenters. The van der Waals surface area contributed by atoms with Gasteiger partial charge in [0.1, 0.15) is 12.4 Å². The van der Waals surface area contributed by atoms with Crippen molar-refractivity contribution in [3.05, 3.63) is 62.0 Å². The molecule has 0 aliphatic carbocycles. The quantitative estimate of drug-likeness (QED) is 0.790. The summed E-state index contributed by atoms with van der Waals surface area (Å²) in [6.45, 7) is 1.24. The van der Waals surface area contributed by atoms with Gasteiger partial charge in [0.05, 0.1) is 10.0 Å². The van der Waals surface area contributed by atoms with E-state index in [9.17, 15) is 0 Å². The maximum atomic E-state index is 5.98. The highest BCUT2D eigenvalue weighted by atomic mass is 79.9. The van der Waals surface area contributed by atoms with E-state index in [4.69, 9.17) is 27.9 Å². The average molecular weight is 375 g/mol. The van der Waals surface area contributed by atoms with Crippen molar-refractivity contribution in [3.63, 3.8) is 0 Å². The molecule has 20 heavy (non-hydrogen) atoms. The molecule has 106 valence electrons. The molecule has 2 nitrogen and oxygen atoms in total. The van der Waals surface area contributed by atoms with Gasteiger partial charge in [-0.1, -0.05) is 45.2 Å². The van der Waals surface area contributed by atoms with Gasteiger partial charge in [-0.15, -0.1) is 0 Å². The van der Waals surface area contributed by atoms with Gasteiger partial charge in [0, 0.05) is 11.0 Å². The summed E-state index contributed by atoms with van der Waals surface area (Å²) in [7, 11) is 1.91. The van der Waals surface area contributed by atoms with Crippen LogP contribution in [0.25, 0.3) is 0 Å². The average Bonchev–Trinajstić information content (AvgIpc) is 2.43. The van der Waals surface area contributed by atoms with Crippen LogP contribution in [0, 0.1) is 0 Å². The van der Waals surface area contributed by atoms with E-state index in [1.807, 2.05) is 37.4 Å². The Kier molecular flexibility index (Phi) is 5.73. The number of halogens is 3. The molecule has 2 aromatic carbocycles. The predicted octanol–water partition coefficient (Wildman–Crippen LogP) is 5.05. The monoisotopic (exact) mass is 373 g/mol. The molecule has 0 bridgehead atoms. The van der Waals surface area contributed by atoms with Crippen molar-refractivity contribution in [1.82, 2.24) is 5.32 Å². The van der Waals surface area contributed by atoms with E-state index in [-0.39, 0.29) is 0 Å². The number of nitrogens with one attached hydrogen (secondary N) is 1. The number of hydrogen-bond donors (Lipinski definition) is 1. The Labute approximate surface area is 137 Å². The predicted molar refractivity (Wildman–Crippen MR) is 87.7 cm³/mol. The van der Waals surface area contributed by atoms with E-state index in [1.165, 1.54) is 0 Å². The highest BCUT2D eigenvalue weighted by Gasteiger charge is 2.04. The number of rotatable bonds is 5. The van der Waals surface area contributed by atoms with E-state index in [2.05, 4.69) is 21.2 Å². The summed E-state index contributed by atoms with van der Waals surface area (Å²) in [4.78, 5) is 0. The van der Waals surface area contributed by atoms with Gasteiger partial charge in [-0.3, -0.25) is 0 Å². The van der Waals surface area contributed by atoms with Gasteiger partial charge < -0.3 is 10.1 Å². The van der Waals surface area contributed by atoms with Crippen LogP contribution in [-0.2, 0) is 13.2 Å². The lowest BCUT2D eigenvalue weighted by Crippen LogP contribution is -2.06. The Morgan fingerprint density at radius 2 is 1.90 bits per heavy atom. The summed E-state index contributed by atoms with van der Waals surface area (Å²) >= 11 is 15.4. The van der Waals surface area contributed by atoms with Crippen molar-refractivity contribution in [2.24, 2.45) is 0 Å². The zero-order valence-corrected chi connectivity index (χ0v) is 14.0. The third-order valence-electron chi connectivity index (χ3n) is 2.77. The molecule has 0 radical (unpaired) electrons. The third kappa shape index (κ3) is 4.13. The molecule has 0 spiro atoms. The molecule has 1 N–H and O–H groups in total. The fourth-order valence-electron chi connectivity index (χ4n) is 1.76. The molecule has 0 aromatic heterocycles. The fourth-order valence-corrected chi connectivity index (χ4v) is 2.47. The van der Waals surface area contributed by atoms with Crippen molar-refractivity contribution in [2.45, 2.75) is 13.2 Å². The van der Waals surface area contributed by atoms with Crippen molar-refractivity contribution < 1.29 is 4.74 Å². The first-order valence-corrected chi connectivity index (χ1v) is 7.65. The van der Waals surface area contributed by atoms with Gasteiger partial charge in [-0.05, 0) is 48.5 Å². The van der Waals surface area contributed by atoms with Crippen molar-refractivity contribution in [1.29, 1.82) is 0 Å². The van der Waals surface area contributed by atoms with Crippen LogP contribution in [0.2, 0.25) is 10.0 Å². The molecular weight excluding hydrogens is 361 g/mol. The lowest BCUT2D eigenvalue weighted by molar-refractivity contribution is 0.306. The molecule has 0 saturated carbocycles. The van der Waals surface area contributed by atoms with Crippen LogP contribution in [0.15, 0.2) is 40.9 Å². The summed E-state index contributed by atoms with van der Waals surface area (Å²) in [6, 6.07) is 11.4. The maximum Gasteiger partial charge on any atom is 0.120 e. The summed E-state index contributed by atoms with van der Waals surface area (Å²) in [5.74, 6) is 0.824. The Balaban J connectivity index is 2.06. The van der Waals surface area contributed by atoms with Crippen LogP contribution < -0.4 is 10.1 Å². The van der Waals surface area contributed by atoms with Crippen LogP contribution in [0.4, 0.5) is 0 Å². The lowest BCUT2D eigenvalue weighted by atomic mass is 10.2. The largest absolute Gasteiger partial charge is 0.489 e. The van der Waals surface area contributed by atoms with Crippen molar-refractivity contribution in [3.8, 4) is 5.75 Å². The molecule has 5 heteroatoms. The van der Waals surface area contributed by atoms with Crippen LogP contribution in [0.3, 0.4) is 0 Å². The number of ether oxygens (including phenoxy) is 1. The van der Waals surface area contributed by atoms with Gasteiger partial charge >= 0.3 is 0 Å². The molecule has 0 saturated heterocycles. The second-order valence-electron chi connectivity index (χ2n) is 4.32. The van der Waals surface area contributed by atoms with Crippen molar-refractivity contribution >= 4 is 39.1 Å². The second kappa shape index (κ2) is 7.32. The minimum Gasteiger partial charge on any atom is -0.489 e. The van der Waals surface area contributed by atoms with Gasteiger partial charge in [0.25, 0.3) is 0 Å². The molecular formula is C15H14BrCl2NO. The smallest absolute Gasteiger partial charge is 0.120 e. The minimum absolute atomic E-state index is 0.456. The topological polar surface area (TPSA) is 21.3 Å². The number of hydrogen-bond acceptors (Lipinski definition) is 2. The fraction of sp³-hybridized carbons (Fsp3) is 0.200. The lowest BCUT2D eigenvalue weighted by Gasteiger charge is -2.10. The normalized spacial score (nSPS) is 10.6. The molecule has 0 fully saturated rings. The van der Waals surface area contributed by atoms with Crippen molar-refractivity contribution in [2.75, 3.05) is 7.05 Å². The van der Waals surface area contributed by atoms with Crippen LogP contribution in [-0.4, -0.2) is 7.05 Å². The SMILES string of the molecule is CNCc1cc(OCc2ccc(Cl)c(Cl)c2)ccc1Br. The van der Waals surface area contributed by atoms with E-state index >= 15 is 0 Å². The molecule has 0 aliphatic rings. The molecule has 2 rings (SSSR count). The van der Waals surface area contributed by atoms with Crippen LogP contribution >= 0.6 is 39.1 Å². The second-order valence-corrected chi connectivity index (χ2v) is 5.99. The molecule has 0 unspecified atom stereocenters.